The SMILES string of the molecule is CC(NC(=O)OC(C)(C)C)c1cccc(-c2cc(COc3ccccc3CC(=O)OC(C)(C)C)cc(NCCF)c2)c1F. The van der Waals surface area contributed by atoms with Gasteiger partial charge in [-0.3, -0.25) is 4.79 Å². The van der Waals surface area contributed by atoms with Gasteiger partial charge in [0.05, 0.1) is 12.5 Å². The maximum atomic E-state index is 15.9. The minimum absolute atomic E-state index is 0.0459. The Bertz CT molecular complexity index is 1410. The van der Waals surface area contributed by atoms with E-state index in [0.29, 0.717) is 39.3 Å². The fourth-order valence-corrected chi connectivity index (χ4v) is 4.38. The molecule has 43 heavy (non-hydrogen) atoms. The predicted molar refractivity (Wildman–Crippen MR) is 164 cm³/mol. The molecule has 1 unspecified atom stereocenters. The number of benzene rings is 3. The Kier molecular flexibility index (Phi) is 11.1. The molecular weight excluding hydrogens is 554 g/mol. The normalized spacial score (nSPS) is 12.3. The Morgan fingerprint density at radius 2 is 1.60 bits per heavy atom. The van der Waals surface area contributed by atoms with Crippen LogP contribution in [0.25, 0.3) is 11.1 Å². The molecule has 0 heterocycles. The molecular formula is C34H42F2N2O5. The lowest BCUT2D eigenvalue weighted by Gasteiger charge is -2.22. The number of alkyl halides is 1. The number of esters is 1. The van der Waals surface area contributed by atoms with Crippen LogP contribution >= 0.6 is 0 Å². The molecule has 0 aliphatic rings. The quantitative estimate of drug-likeness (QED) is 0.219. The van der Waals surface area contributed by atoms with Gasteiger partial charge in [0.25, 0.3) is 0 Å². The number of anilines is 1. The van der Waals surface area contributed by atoms with Gasteiger partial charge in [-0.2, -0.15) is 0 Å². The van der Waals surface area contributed by atoms with Crippen LogP contribution in [0.15, 0.2) is 60.7 Å². The molecule has 1 amide bonds. The highest BCUT2D eigenvalue weighted by atomic mass is 19.1. The van der Waals surface area contributed by atoms with Crippen LogP contribution < -0.4 is 15.4 Å². The summed E-state index contributed by atoms with van der Waals surface area (Å²) >= 11 is 0. The number of nitrogens with one attached hydrogen (secondary N) is 2. The zero-order valence-electron chi connectivity index (χ0n) is 26.0. The first kappa shape index (κ1) is 33.4. The number of ether oxygens (including phenoxy) is 3. The molecule has 0 aliphatic heterocycles. The smallest absolute Gasteiger partial charge is 0.408 e. The molecule has 232 valence electrons. The average Bonchev–Trinajstić information content (AvgIpc) is 2.89. The Labute approximate surface area is 252 Å². The third-order valence-electron chi connectivity index (χ3n) is 6.08. The summed E-state index contributed by atoms with van der Waals surface area (Å²) in [6, 6.07) is 16.9. The van der Waals surface area contributed by atoms with E-state index >= 15 is 4.39 Å². The molecule has 0 saturated heterocycles. The Morgan fingerprint density at radius 1 is 0.907 bits per heavy atom. The summed E-state index contributed by atoms with van der Waals surface area (Å²) in [5, 5.41) is 5.70. The van der Waals surface area contributed by atoms with E-state index in [1.54, 1.807) is 70.2 Å². The van der Waals surface area contributed by atoms with Gasteiger partial charge >= 0.3 is 12.1 Å². The fourth-order valence-electron chi connectivity index (χ4n) is 4.38. The Balaban J connectivity index is 1.88. The third kappa shape index (κ3) is 10.6. The molecule has 1 atom stereocenters. The molecule has 0 fully saturated rings. The zero-order chi connectivity index (χ0) is 31.8. The van der Waals surface area contributed by atoms with Gasteiger partial charge in [-0.25, -0.2) is 13.6 Å². The van der Waals surface area contributed by atoms with Crippen LogP contribution in [0.4, 0.5) is 19.3 Å². The van der Waals surface area contributed by atoms with Crippen molar-refractivity contribution in [3.63, 3.8) is 0 Å². The second-order valence-electron chi connectivity index (χ2n) is 12.3. The monoisotopic (exact) mass is 596 g/mol. The number of hydrogen-bond donors (Lipinski definition) is 2. The Morgan fingerprint density at radius 3 is 2.28 bits per heavy atom. The van der Waals surface area contributed by atoms with Crippen molar-refractivity contribution >= 4 is 17.7 Å². The lowest BCUT2D eigenvalue weighted by molar-refractivity contribution is -0.153. The fraction of sp³-hybridized carbons (Fsp3) is 0.412. The molecule has 9 heteroatoms. The minimum Gasteiger partial charge on any atom is -0.489 e. The van der Waals surface area contributed by atoms with Crippen molar-refractivity contribution in [1.82, 2.24) is 5.32 Å². The van der Waals surface area contributed by atoms with Crippen molar-refractivity contribution in [3.8, 4) is 16.9 Å². The number of alkyl carbamates (subject to hydrolysis) is 1. The minimum atomic E-state index is -0.689. The summed E-state index contributed by atoms with van der Waals surface area (Å²) in [7, 11) is 0. The zero-order valence-corrected chi connectivity index (χ0v) is 26.0. The van der Waals surface area contributed by atoms with Gasteiger partial charge in [-0.1, -0.05) is 36.4 Å². The van der Waals surface area contributed by atoms with Crippen LogP contribution in [0.3, 0.4) is 0 Å². The second kappa shape index (κ2) is 14.4. The number of rotatable bonds is 11. The summed E-state index contributed by atoms with van der Waals surface area (Å²) in [5.74, 6) is -0.343. The van der Waals surface area contributed by atoms with Gasteiger partial charge in [0.2, 0.25) is 0 Å². The van der Waals surface area contributed by atoms with Crippen LogP contribution in [0.1, 0.15) is 71.2 Å². The molecule has 3 rings (SSSR count). The molecule has 7 nitrogen and oxygen atoms in total. The van der Waals surface area contributed by atoms with E-state index in [9.17, 15) is 14.0 Å². The van der Waals surface area contributed by atoms with Gasteiger partial charge in [0.15, 0.2) is 0 Å². The lowest BCUT2D eigenvalue weighted by Crippen LogP contribution is -2.34. The first-order valence-corrected chi connectivity index (χ1v) is 14.3. The van der Waals surface area contributed by atoms with E-state index in [2.05, 4.69) is 10.6 Å². The van der Waals surface area contributed by atoms with E-state index < -0.39 is 35.8 Å². The van der Waals surface area contributed by atoms with E-state index in [4.69, 9.17) is 14.2 Å². The van der Waals surface area contributed by atoms with E-state index in [0.717, 1.165) is 0 Å². The van der Waals surface area contributed by atoms with E-state index in [1.165, 1.54) is 0 Å². The molecule has 0 saturated carbocycles. The van der Waals surface area contributed by atoms with Crippen molar-refractivity contribution < 1.29 is 32.6 Å². The van der Waals surface area contributed by atoms with E-state index in [1.807, 2.05) is 39.0 Å². The maximum absolute atomic E-state index is 15.9. The summed E-state index contributed by atoms with van der Waals surface area (Å²) < 4.78 is 45.8. The molecule has 2 N–H and O–H groups in total. The van der Waals surface area contributed by atoms with Crippen molar-refractivity contribution in [2.75, 3.05) is 18.5 Å². The molecule has 0 aliphatic carbocycles. The molecule has 3 aromatic carbocycles. The van der Waals surface area contributed by atoms with Crippen LogP contribution in [0.5, 0.6) is 5.75 Å². The van der Waals surface area contributed by atoms with Crippen LogP contribution in [-0.2, 0) is 27.3 Å². The van der Waals surface area contributed by atoms with Gasteiger partial charge < -0.3 is 24.8 Å². The lowest BCUT2D eigenvalue weighted by atomic mass is 9.97. The van der Waals surface area contributed by atoms with Gasteiger partial charge in [0.1, 0.15) is 36.1 Å². The maximum Gasteiger partial charge on any atom is 0.408 e. The third-order valence-corrected chi connectivity index (χ3v) is 6.08. The van der Waals surface area contributed by atoms with E-state index in [-0.39, 0.29) is 25.5 Å². The van der Waals surface area contributed by atoms with Gasteiger partial charge in [-0.15, -0.1) is 0 Å². The number of carbonyl (C=O) groups excluding carboxylic acids is 2. The van der Waals surface area contributed by atoms with Crippen molar-refractivity contribution in [2.24, 2.45) is 0 Å². The molecule has 0 radical (unpaired) electrons. The van der Waals surface area contributed by atoms with Crippen molar-refractivity contribution in [2.45, 2.75) is 78.7 Å². The summed E-state index contributed by atoms with van der Waals surface area (Å²) in [6.45, 7) is 12.0. The number of hydrogen-bond acceptors (Lipinski definition) is 6. The highest BCUT2D eigenvalue weighted by Gasteiger charge is 2.22. The summed E-state index contributed by atoms with van der Waals surface area (Å²) in [6.07, 6.45) is -0.599. The average molecular weight is 597 g/mol. The van der Waals surface area contributed by atoms with Crippen molar-refractivity contribution in [1.29, 1.82) is 0 Å². The van der Waals surface area contributed by atoms with Gasteiger partial charge in [0, 0.05) is 28.9 Å². The second-order valence-corrected chi connectivity index (χ2v) is 12.3. The molecule has 0 bridgehead atoms. The standard InChI is InChI=1S/C34H42F2N2O5/c1-22(38-32(40)43-34(5,6)7)27-12-10-13-28(31(27)36)25-17-23(18-26(19-25)37-16-15-35)21-41-29-14-9-8-11-24(29)20-30(39)42-33(2,3)4/h8-14,17-19,22,37H,15-16,20-21H2,1-7H3,(H,38,40). The Hall–Kier alpha value is -4.14. The largest absolute Gasteiger partial charge is 0.489 e. The number of carbonyl (C=O) groups is 2. The van der Waals surface area contributed by atoms with Crippen LogP contribution in [0.2, 0.25) is 0 Å². The molecule has 0 aromatic heterocycles. The highest BCUT2D eigenvalue weighted by Crippen LogP contribution is 2.32. The predicted octanol–water partition coefficient (Wildman–Crippen LogP) is 7.92. The van der Waals surface area contributed by atoms with Crippen LogP contribution in [0, 0.1) is 5.82 Å². The summed E-state index contributed by atoms with van der Waals surface area (Å²) in [4.78, 5) is 24.7. The number of amides is 1. The molecule has 0 spiro atoms. The van der Waals surface area contributed by atoms with Gasteiger partial charge in [-0.05, 0) is 83.9 Å². The van der Waals surface area contributed by atoms with Crippen LogP contribution in [-0.4, -0.2) is 36.5 Å². The number of halogens is 2. The highest BCUT2D eigenvalue weighted by molar-refractivity contribution is 5.74. The van der Waals surface area contributed by atoms with Crippen molar-refractivity contribution in [3.05, 3.63) is 83.2 Å². The first-order chi connectivity index (χ1) is 20.1. The number of para-hydroxylation sites is 1. The first-order valence-electron chi connectivity index (χ1n) is 14.3. The summed E-state index contributed by atoms with van der Waals surface area (Å²) in [5.41, 5.74) is 1.84. The molecule has 3 aromatic rings. The topological polar surface area (TPSA) is 85.9 Å².